The largest absolute Gasteiger partial charge is 0.384 e. The number of aliphatic hydroxyl groups is 1. The smallest absolute Gasteiger partial charge is 0.254 e. The van der Waals surface area contributed by atoms with Crippen molar-refractivity contribution < 1.29 is 14.7 Å². The van der Waals surface area contributed by atoms with Crippen LogP contribution in [-0.2, 0) is 4.79 Å². The highest BCUT2D eigenvalue weighted by atomic mass is 16.3. The standard InChI is InChI=1S/C16H22N2O3/c1-11-5-4-6-12(2)14(11)16(21)18-9-7-17(8-10-18)15(20)13(3)19/h4-6,13,19H,7-10H2,1-3H3. The number of amides is 2. The number of rotatable bonds is 2. The van der Waals surface area contributed by atoms with Crippen molar-refractivity contribution in [2.75, 3.05) is 26.2 Å². The molecule has 1 atom stereocenters. The molecular formula is C16H22N2O3. The van der Waals surface area contributed by atoms with E-state index in [2.05, 4.69) is 0 Å². The van der Waals surface area contributed by atoms with Crippen molar-refractivity contribution in [3.05, 3.63) is 34.9 Å². The lowest BCUT2D eigenvalue weighted by Gasteiger charge is -2.35. The second-order valence-electron chi connectivity index (χ2n) is 5.56. The SMILES string of the molecule is Cc1cccc(C)c1C(=O)N1CCN(C(=O)C(C)O)CC1. The predicted octanol–water partition coefficient (Wildman–Crippen LogP) is 0.969. The highest BCUT2D eigenvalue weighted by Gasteiger charge is 2.27. The number of benzene rings is 1. The molecule has 21 heavy (non-hydrogen) atoms. The predicted molar refractivity (Wildman–Crippen MR) is 80.1 cm³/mol. The summed E-state index contributed by atoms with van der Waals surface area (Å²) in [4.78, 5) is 27.7. The van der Waals surface area contributed by atoms with Crippen molar-refractivity contribution in [1.29, 1.82) is 0 Å². The molecular weight excluding hydrogens is 268 g/mol. The van der Waals surface area contributed by atoms with Crippen molar-refractivity contribution in [2.45, 2.75) is 26.9 Å². The van der Waals surface area contributed by atoms with Gasteiger partial charge in [-0.1, -0.05) is 18.2 Å². The fourth-order valence-corrected chi connectivity index (χ4v) is 2.70. The van der Waals surface area contributed by atoms with Gasteiger partial charge in [0, 0.05) is 31.7 Å². The molecule has 1 unspecified atom stereocenters. The summed E-state index contributed by atoms with van der Waals surface area (Å²) >= 11 is 0. The first-order valence-corrected chi connectivity index (χ1v) is 7.24. The molecule has 1 fully saturated rings. The minimum atomic E-state index is -0.981. The molecule has 0 bridgehead atoms. The zero-order chi connectivity index (χ0) is 15.6. The molecule has 1 N–H and O–H groups in total. The van der Waals surface area contributed by atoms with Crippen LogP contribution < -0.4 is 0 Å². The van der Waals surface area contributed by atoms with E-state index in [9.17, 15) is 14.7 Å². The van der Waals surface area contributed by atoms with E-state index >= 15 is 0 Å². The van der Waals surface area contributed by atoms with Crippen LogP contribution in [0, 0.1) is 13.8 Å². The Morgan fingerprint density at radius 2 is 1.52 bits per heavy atom. The number of nitrogens with zero attached hydrogens (tertiary/aromatic N) is 2. The summed E-state index contributed by atoms with van der Waals surface area (Å²) < 4.78 is 0. The van der Waals surface area contributed by atoms with E-state index in [0.717, 1.165) is 16.7 Å². The van der Waals surface area contributed by atoms with Gasteiger partial charge in [-0.2, -0.15) is 0 Å². The lowest BCUT2D eigenvalue weighted by molar-refractivity contribution is -0.140. The van der Waals surface area contributed by atoms with Crippen molar-refractivity contribution in [3.8, 4) is 0 Å². The minimum Gasteiger partial charge on any atom is -0.384 e. The van der Waals surface area contributed by atoms with Gasteiger partial charge in [0.15, 0.2) is 0 Å². The summed E-state index contributed by atoms with van der Waals surface area (Å²) in [5, 5.41) is 9.33. The second-order valence-corrected chi connectivity index (χ2v) is 5.56. The van der Waals surface area contributed by atoms with Crippen LogP contribution in [0.2, 0.25) is 0 Å². The van der Waals surface area contributed by atoms with E-state index in [1.165, 1.54) is 6.92 Å². The number of carbonyl (C=O) groups excluding carboxylic acids is 2. The van der Waals surface area contributed by atoms with Gasteiger partial charge >= 0.3 is 0 Å². The normalized spacial score (nSPS) is 16.8. The molecule has 0 spiro atoms. The summed E-state index contributed by atoms with van der Waals surface area (Å²) in [5.41, 5.74) is 2.71. The average Bonchev–Trinajstić information content (AvgIpc) is 2.46. The Kier molecular flexibility index (Phi) is 4.63. The summed E-state index contributed by atoms with van der Waals surface area (Å²) in [6.45, 7) is 7.30. The van der Waals surface area contributed by atoms with Crippen molar-refractivity contribution >= 4 is 11.8 Å². The summed E-state index contributed by atoms with van der Waals surface area (Å²) in [6, 6.07) is 5.82. The molecule has 1 aromatic rings. The third-order valence-electron chi connectivity index (χ3n) is 3.93. The second kappa shape index (κ2) is 6.26. The molecule has 0 saturated carbocycles. The van der Waals surface area contributed by atoms with E-state index in [-0.39, 0.29) is 11.8 Å². The third kappa shape index (κ3) is 3.24. The monoisotopic (exact) mass is 290 g/mol. The maximum Gasteiger partial charge on any atom is 0.254 e. The molecule has 1 aliphatic rings. The third-order valence-corrected chi connectivity index (χ3v) is 3.93. The quantitative estimate of drug-likeness (QED) is 0.883. The highest BCUT2D eigenvalue weighted by molar-refractivity contribution is 5.97. The maximum atomic E-state index is 12.6. The molecule has 0 aromatic heterocycles. The first kappa shape index (κ1) is 15.5. The van der Waals surface area contributed by atoms with Crippen LogP contribution in [0.25, 0.3) is 0 Å². The number of aliphatic hydroxyl groups excluding tert-OH is 1. The molecule has 1 aliphatic heterocycles. The molecule has 5 heteroatoms. The van der Waals surface area contributed by atoms with Gasteiger partial charge < -0.3 is 14.9 Å². The lowest BCUT2D eigenvalue weighted by atomic mass is 10.0. The van der Waals surface area contributed by atoms with Gasteiger partial charge in [-0.25, -0.2) is 0 Å². The van der Waals surface area contributed by atoms with Crippen LogP contribution in [0.3, 0.4) is 0 Å². The molecule has 5 nitrogen and oxygen atoms in total. The molecule has 1 heterocycles. The number of aryl methyl sites for hydroxylation is 2. The van der Waals surface area contributed by atoms with Crippen LogP contribution in [0.4, 0.5) is 0 Å². The Labute approximate surface area is 125 Å². The molecule has 1 saturated heterocycles. The van der Waals surface area contributed by atoms with E-state index in [4.69, 9.17) is 0 Å². The Morgan fingerprint density at radius 1 is 1.05 bits per heavy atom. The van der Waals surface area contributed by atoms with Gasteiger partial charge in [-0.15, -0.1) is 0 Å². The van der Waals surface area contributed by atoms with E-state index in [1.54, 1.807) is 9.80 Å². The summed E-state index contributed by atoms with van der Waals surface area (Å²) in [6.07, 6.45) is -0.981. The van der Waals surface area contributed by atoms with Crippen molar-refractivity contribution in [1.82, 2.24) is 9.80 Å². The van der Waals surface area contributed by atoms with Crippen LogP contribution in [0.15, 0.2) is 18.2 Å². The highest BCUT2D eigenvalue weighted by Crippen LogP contribution is 2.17. The number of hydrogen-bond acceptors (Lipinski definition) is 3. The van der Waals surface area contributed by atoms with Crippen LogP contribution in [0.5, 0.6) is 0 Å². The first-order chi connectivity index (χ1) is 9.91. The molecule has 1 aromatic carbocycles. The zero-order valence-electron chi connectivity index (χ0n) is 12.8. The lowest BCUT2D eigenvalue weighted by Crippen LogP contribution is -2.52. The minimum absolute atomic E-state index is 0.0229. The molecule has 2 rings (SSSR count). The number of carbonyl (C=O) groups is 2. The van der Waals surface area contributed by atoms with Gasteiger partial charge in [-0.05, 0) is 31.9 Å². The first-order valence-electron chi connectivity index (χ1n) is 7.24. The fraction of sp³-hybridized carbons (Fsp3) is 0.500. The van der Waals surface area contributed by atoms with Crippen molar-refractivity contribution in [2.24, 2.45) is 0 Å². The van der Waals surface area contributed by atoms with Gasteiger partial charge in [-0.3, -0.25) is 9.59 Å². The maximum absolute atomic E-state index is 12.6. The van der Waals surface area contributed by atoms with Gasteiger partial charge in [0.25, 0.3) is 11.8 Å². The van der Waals surface area contributed by atoms with Gasteiger partial charge in [0.1, 0.15) is 6.10 Å². The van der Waals surface area contributed by atoms with Crippen molar-refractivity contribution in [3.63, 3.8) is 0 Å². The Morgan fingerprint density at radius 3 is 2.00 bits per heavy atom. The van der Waals surface area contributed by atoms with E-state index < -0.39 is 6.10 Å². The van der Waals surface area contributed by atoms with Gasteiger partial charge in [0.05, 0.1) is 0 Å². The Hall–Kier alpha value is -1.88. The van der Waals surface area contributed by atoms with Crippen LogP contribution in [0.1, 0.15) is 28.4 Å². The van der Waals surface area contributed by atoms with E-state index in [1.807, 2.05) is 32.0 Å². The topological polar surface area (TPSA) is 60.9 Å². The molecule has 114 valence electrons. The molecule has 0 radical (unpaired) electrons. The van der Waals surface area contributed by atoms with E-state index in [0.29, 0.717) is 26.2 Å². The molecule has 2 amide bonds. The van der Waals surface area contributed by atoms with Crippen LogP contribution in [-0.4, -0.2) is 59.0 Å². The zero-order valence-corrected chi connectivity index (χ0v) is 12.8. The van der Waals surface area contributed by atoms with Crippen LogP contribution >= 0.6 is 0 Å². The Balaban J connectivity index is 2.06. The van der Waals surface area contributed by atoms with Gasteiger partial charge in [0.2, 0.25) is 0 Å². The fourth-order valence-electron chi connectivity index (χ4n) is 2.70. The number of hydrogen-bond donors (Lipinski definition) is 1. The Bertz CT molecular complexity index is 526. The number of piperazine rings is 1. The molecule has 0 aliphatic carbocycles. The summed E-state index contributed by atoms with van der Waals surface area (Å²) in [7, 11) is 0. The summed E-state index contributed by atoms with van der Waals surface area (Å²) in [5.74, 6) is -0.246. The average molecular weight is 290 g/mol.